The summed E-state index contributed by atoms with van der Waals surface area (Å²) in [6, 6.07) is 12.4. The minimum Gasteiger partial charge on any atom is -0.490 e. The first-order valence-corrected chi connectivity index (χ1v) is 11.4. The monoisotopic (exact) mass is 424 g/mol. The molecule has 2 aliphatic heterocycles. The molecule has 6 nitrogen and oxygen atoms in total. The molecule has 0 atom stereocenters. The molecule has 2 aromatic carbocycles. The zero-order valence-corrected chi connectivity index (χ0v) is 18.4. The van der Waals surface area contributed by atoms with E-state index in [0.717, 1.165) is 42.5 Å². The third kappa shape index (κ3) is 5.01. The number of piperidine rings is 2. The first-order valence-electron chi connectivity index (χ1n) is 11.4. The molecule has 2 saturated heterocycles. The third-order valence-electron chi connectivity index (χ3n) is 6.70. The summed E-state index contributed by atoms with van der Waals surface area (Å²) >= 11 is 0. The van der Waals surface area contributed by atoms with Crippen molar-refractivity contribution in [2.45, 2.75) is 51.7 Å². The minimum absolute atomic E-state index is 0.0250. The maximum absolute atomic E-state index is 12.9. The van der Waals surface area contributed by atoms with Crippen molar-refractivity contribution in [2.24, 2.45) is 5.92 Å². The van der Waals surface area contributed by atoms with Crippen LogP contribution in [0.15, 0.2) is 36.4 Å². The van der Waals surface area contributed by atoms with Crippen LogP contribution in [-0.2, 0) is 4.79 Å². The Morgan fingerprint density at radius 2 is 1.58 bits per heavy atom. The highest BCUT2D eigenvalue weighted by Gasteiger charge is 2.27. The fourth-order valence-corrected chi connectivity index (χ4v) is 4.64. The topological polar surface area (TPSA) is 70.1 Å². The summed E-state index contributed by atoms with van der Waals surface area (Å²) in [5, 5.41) is 11.2. The maximum atomic E-state index is 12.9. The Bertz CT molecular complexity index is 942. The maximum Gasteiger partial charge on any atom is 0.306 e. The van der Waals surface area contributed by atoms with Crippen molar-refractivity contribution in [3.05, 3.63) is 42.0 Å². The summed E-state index contributed by atoms with van der Waals surface area (Å²) in [6.07, 6.45) is 3.38. The molecule has 0 aliphatic carbocycles. The Kier molecular flexibility index (Phi) is 6.46. The largest absolute Gasteiger partial charge is 0.490 e. The molecule has 0 aromatic heterocycles. The van der Waals surface area contributed by atoms with Gasteiger partial charge < -0.3 is 19.6 Å². The van der Waals surface area contributed by atoms with E-state index in [4.69, 9.17) is 9.84 Å². The van der Waals surface area contributed by atoms with Gasteiger partial charge in [0, 0.05) is 37.8 Å². The second-order valence-corrected chi connectivity index (χ2v) is 9.08. The second kappa shape index (κ2) is 9.27. The summed E-state index contributed by atoms with van der Waals surface area (Å²) in [4.78, 5) is 28.3. The molecular weight excluding hydrogens is 392 g/mol. The van der Waals surface area contributed by atoms with Gasteiger partial charge in [-0.05, 0) is 74.6 Å². The smallest absolute Gasteiger partial charge is 0.306 e. The normalized spacial score (nSPS) is 19.1. The van der Waals surface area contributed by atoms with Crippen molar-refractivity contribution in [3.63, 3.8) is 0 Å². The van der Waals surface area contributed by atoms with Gasteiger partial charge in [-0.15, -0.1) is 0 Å². The predicted molar refractivity (Wildman–Crippen MR) is 121 cm³/mol. The van der Waals surface area contributed by atoms with Crippen molar-refractivity contribution in [3.8, 4) is 5.75 Å². The van der Waals surface area contributed by atoms with Gasteiger partial charge >= 0.3 is 5.97 Å². The molecule has 166 valence electrons. The van der Waals surface area contributed by atoms with Gasteiger partial charge in [-0.1, -0.05) is 12.1 Å². The van der Waals surface area contributed by atoms with Crippen LogP contribution in [0.5, 0.6) is 5.75 Å². The Morgan fingerprint density at radius 1 is 0.935 bits per heavy atom. The van der Waals surface area contributed by atoms with E-state index in [1.54, 1.807) is 4.90 Å². The number of aliphatic carboxylic acids is 1. The molecule has 0 radical (unpaired) electrons. The number of nitrogens with zero attached hydrogens (tertiary/aromatic N) is 2. The lowest BCUT2D eigenvalue weighted by Gasteiger charge is -2.34. The van der Waals surface area contributed by atoms with Crippen LogP contribution in [0.4, 0.5) is 0 Å². The SMILES string of the molecule is CC(C)N1CCC(Oc2ccc3cc(C(=O)N4CCC(C(=O)O)CC4)ccc3c2)CC1. The number of carbonyl (C=O) groups excluding carboxylic acids is 1. The van der Waals surface area contributed by atoms with Crippen LogP contribution in [0.1, 0.15) is 49.9 Å². The molecule has 0 unspecified atom stereocenters. The van der Waals surface area contributed by atoms with E-state index >= 15 is 0 Å². The Hall–Kier alpha value is -2.60. The number of carbonyl (C=O) groups is 2. The van der Waals surface area contributed by atoms with Crippen LogP contribution >= 0.6 is 0 Å². The summed E-state index contributed by atoms with van der Waals surface area (Å²) in [6.45, 7) is 7.62. The molecule has 0 saturated carbocycles. The average Bonchev–Trinajstić information content (AvgIpc) is 2.78. The quantitative estimate of drug-likeness (QED) is 0.785. The van der Waals surface area contributed by atoms with Gasteiger partial charge in [-0.2, -0.15) is 0 Å². The molecule has 1 amide bonds. The van der Waals surface area contributed by atoms with Crippen LogP contribution in [0.2, 0.25) is 0 Å². The van der Waals surface area contributed by atoms with Crippen LogP contribution < -0.4 is 4.74 Å². The summed E-state index contributed by atoms with van der Waals surface area (Å²) in [7, 11) is 0. The van der Waals surface area contributed by atoms with Crippen molar-refractivity contribution in [2.75, 3.05) is 26.2 Å². The molecule has 0 spiro atoms. The molecule has 2 heterocycles. The minimum atomic E-state index is -0.763. The number of amides is 1. The van der Waals surface area contributed by atoms with Crippen molar-refractivity contribution < 1.29 is 19.4 Å². The Labute approximate surface area is 183 Å². The molecular formula is C25H32N2O4. The van der Waals surface area contributed by atoms with Crippen LogP contribution in [0, 0.1) is 5.92 Å². The van der Waals surface area contributed by atoms with Gasteiger partial charge in [0.05, 0.1) is 5.92 Å². The number of carboxylic acid groups (broad SMARTS) is 1. The fraction of sp³-hybridized carbons (Fsp3) is 0.520. The zero-order chi connectivity index (χ0) is 22.0. The van der Waals surface area contributed by atoms with Gasteiger partial charge in [0.15, 0.2) is 0 Å². The summed E-state index contributed by atoms with van der Waals surface area (Å²) < 4.78 is 6.24. The van der Waals surface area contributed by atoms with E-state index < -0.39 is 5.97 Å². The lowest BCUT2D eigenvalue weighted by atomic mass is 9.96. The van der Waals surface area contributed by atoms with E-state index in [9.17, 15) is 9.59 Å². The number of likely N-dealkylation sites (tertiary alicyclic amines) is 2. The summed E-state index contributed by atoms with van der Waals surface area (Å²) in [5.41, 5.74) is 0.649. The number of rotatable bonds is 5. The van der Waals surface area contributed by atoms with Gasteiger partial charge in [-0.3, -0.25) is 9.59 Å². The number of ether oxygens (including phenoxy) is 1. The molecule has 4 rings (SSSR count). The summed E-state index contributed by atoms with van der Waals surface area (Å²) in [5.74, 6) is -0.244. The molecule has 1 N–H and O–H groups in total. The van der Waals surface area contributed by atoms with Crippen LogP contribution in [0.25, 0.3) is 10.8 Å². The van der Waals surface area contributed by atoms with Gasteiger partial charge in [0.25, 0.3) is 5.91 Å². The standard InChI is InChI=1S/C25H32N2O4/c1-17(2)26-13-9-22(10-14-26)31-23-6-5-19-15-21(4-3-20(19)16-23)24(28)27-11-7-18(8-12-27)25(29)30/h3-6,15-18,22H,7-14H2,1-2H3,(H,29,30). The van der Waals surface area contributed by atoms with Gasteiger partial charge in [0.1, 0.15) is 11.9 Å². The molecule has 2 fully saturated rings. The molecule has 2 aliphatic rings. The molecule has 0 bridgehead atoms. The first kappa shape index (κ1) is 21.6. The number of carboxylic acids is 1. The highest BCUT2D eigenvalue weighted by Crippen LogP contribution is 2.26. The fourth-order valence-electron chi connectivity index (χ4n) is 4.64. The lowest BCUT2D eigenvalue weighted by molar-refractivity contribution is -0.143. The van der Waals surface area contributed by atoms with Crippen LogP contribution in [-0.4, -0.2) is 65.1 Å². The number of fused-ring (bicyclic) bond motifs is 1. The third-order valence-corrected chi connectivity index (χ3v) is 6.70. The van der Waals surface area contributed by atoms with Crippen LogP contribution in [0.3, 0.4) is 0 Å². The van der Waals surface area contributed by atoms with E-state index in [1.807, 2.05) is 30.3 Å². The molecule has 31 heavy (non-hydrogen) atoms. The Balaban J connectivity index is 1.39. The predicted octanol–water partition coefficient (Wildman–Crippen LogP) is 4.03. The van der Waals surface area contributed by atoms with E-state index in [-0.39, 0.29) is 17.9 Å². The highest BCUT2D eigenvalue weighted by molar-refractivity contribution is 5.99. The molecule has 6 heteroatoms. The number of hydrogen-bond acceptors (Lipinski definition) is 4. The van der Waals surface area contributed by atoms with Crippen molar-refractivity contribution in [1.82, 2.24) is 9.80 Å². The number of benzene rings is 2. The number of hydrogen-bond donors (Lipinski definition) is 1. The Morgan fingerprint density at radius 3 is 2.23 bits per heavy atom. The second-order valence-electron chi connectivity index (χ2n) is 9.08. The van der Waals surface area contributed by atoms with Gasteiger partial charge in [0.2, 0.25) is 0 Å². The first-order chi connectivity index (χ1) is 14.9. The van der Waals surface area contributed by atoms with Crippen molar-refractivity contribution in [1.29, 1.82) is 0 Å². The lowest BCUT2D eigenvalue weighted by Crippen LogP contribution is -2.41. The van der Waals surface area contributed by atoms with E-state index in [1.165, 1.54) is 0 Å². The molecule has 2 aromatic rings. The van der Waals surface area contributed by atoms with Crippen molar-refractivity contribution >= 4 is 22.6 Å². The van der Waals surface area contributed by atoms with E-state index in [0.29, 0.717) is 37.5 Å². The highest BCUT2D eigenvalue weighted by atomic mass is 16.5. The van der Waals surface area contributed by atoms with E-state index in [2.05, 4.69) is 24.8 Å². The zero-order valence-electron chi connectivity index (χ0n) is 18.4. The van der Waals surface area contributed by atoms with Gasteiger partial charge in [-0.25, -0.2) is 0 Å². The average molecular weight is 425 g/mol.